The minimum Gasteiger partial charge on any atom is -0.497 e. The number of amides is 1. The fourth-order valence-corrected chi connectivity index (χ4v) is 4.63. The van der Waals surface area contributed by atoms with E-state index in [9.17, 15) is 17.6 Å². The summed E-state index contributed by atoms with van der Waals surface area (Å²) in [6.45, 7) is 0.784. The number of methoxy groups -OCH3 is 1. The van der Waals surface area contributed by atoms with Crippen molar-refractivity contribution < 1.29 is 22.3 Å². The smallest absolute Gasteiger partial charge is 0.255 e. The van der Waals surface area contributed by atoms with Gasteiger partial charge in [0.2, 0.25) is 10.0 Å². The average molecular weight is 504 g/mol. The number of halogens is 2. The second-order valence-electron chi connectivity index (χ2n) is 7.36. The summed E-state index contributed by atoms with van der Waals surface area (Å²) in [6, 6.07) is 17.2. The van der Waals surface area contributed by atoms with Gasteiger partial charge in [0.05, 0.1) is 24.8 Å². The highest BCUT2D eigenvalue weighted by molar-refractivity contribution is 7.89. The molecule has 178 valence electrons. The highest BCUT2D eigenvalue weighted by atomic mass is 35.5. The van der Waals surface area contributed by atoms with Gasteiger partial charge in [-0.15, -0.1) is 0 Å². The van der Waals surface area contributed by atoms with Crippen LogP contribution >= 0.6 is 11.6 Å². The molecule has 0 spiro atoms. The van der Waals surface area contributed by atoms with Crippen molar-refractivity contribution in [3.63, 3.8) is 0 Å². The van der Waals surface area contributed by atoms with E-state index in [4.69, 9.17) is 16.3 Å². The molecule has 0 fully saturated rings. The van der Waals surface area contributed by atoms with Gasteiger partial charge in [0.25, 0.3) is 5.91 Å². The van der Waals surface area contributed by atoms with E-state index in [1.165, 1.54) is 43.7 Å². The van der Waals surface area contributed by atoms with E-state index >= 15 is 0 Å². The zero-order chi connectivity index (χ0) is 24.7. The summed E-state index contributed by atoms with van der Waals surface area (Å²) in [4.78, 5) is 12.5. The summed E-state index contributed by atoms with van der Waals surface area (Å²) >= 11 is 6.11. The Bertz CT molecular complexity index is 1280. The van der Waals surface area contributed by atoms with Crippen molar-refractivity contribution in [2.75, 3.05) is 13.7 Å². The lowest BCUT2D eigenvalue weighted by atomic mass is 10.2. The van der Waals surface area contributed by atoms with Crippen LogP contribution in [0.15, 0.2) is 76.7 Å². The quantitative estimate of drug-likeness (QED) is 0.351. The van der Waals surface area contributed by atoms with Crippen molar-refractivity contribution in [3.8, 4) is 5.75 Å². The summed E-state index contributed by atoms with van der Waals surface area (Å²) in [5.74, 6) is -0.761. The Morgan fingerprint density at radius 1 is 1.15 bits per heavy atom. The third kappa shape index (κ3) is 6.40. The number of nitrogens with one attached hydrogen (secondary N) is 1. The van der Waals surface area contributed by atoms with Crippen LogP contribution in [0, 0.1) is 12.7 Å². The van der Waals surface area contributed by atoms with Crippen LogP contribution in [-0.4, -0.2) is 38.5 Å². The summed E-state index contributed by atoms with van der Waals surface area (Å²) in [6.07, 6.45) is 1.40. The van der Waals surface area contributed by atoms with Crippen LogP contribution in [-0.2, 0) is 21.4 Å². The van der Waals surface area contributed by atoms with E-state index in [1.54, 1.807) is 36.4 Å². The molecule has 3 aromatic rings. The zero-order valence-electron chi connectivity index (χ0n) is 18.5. The van der Waals surface area contributed by atoms with Crippen LogP contribution in [0.5, 0.6) is 5.75 Å². The van der Waals surface area contributed by atoms with Crippen LogP contribution < -0.4 is 10.2 Å². The molecule has 0 aliphatic carbocycles. The standard InChI is InChI=1S/C24H23ClFN3O4S/c1-17-9-11-20(12-10-17)34(31,32)29(15-21-22(25)7-4-8-23(21)26)16-24(30)28-27-14-18-5-3-6-19(13-18)33-2/h3-14H,15-16H2,1-2H3,(H,28,30)/b27-14-. The number of hydrogen-bond acceptors (Lipinski definition) is 5. The van der Waals surface area contributed by atoms with E-state index in [0.717, 1.165) is 9.87 Å². The van der Waals surface area contributed by atoms with Crippen molar-refractivity contribution >= 4 is 33.7 Å². The van der Waals surface area contributed by atoms with Gasteiger partial charge in [-0.2, -0.15) is 9.41 Å². The first-order valence-corrected chi connectivity index (χ1v) is 12.0. The Morgan fingerprint density at radius 2 is 1.85 bits per heavy atom. The number of benzene rings is 3. The molecule has 0 bridgehead atoms. The van der Waals surface area contributed by atoms with Gasteiger partial charge in [-0.05, 0) is 48.9 Å². The van der Waals surface area contributed by atoms with E-state index in [1.807, 2.05) is 6.92 Å². The number of rotatable bonds is 9. The van der Waals surface area contributed by atoms with Gasteiger partial charge in [0.15, 0.2) is 0 Å². The number of ether oxygens (including phenoxy) is 1. The van der Waals surface area contributed by atoms with Crippen molar-refractivity contribution in [2.24, 2.45) is 5.10 Å². The second-order valence-corrected chi connectivity index (χ2v) is 9.70. The van der Waals surface area contributed by atoms with Crippen LogP contribution in [0.3, 0.4) is 0 Å². The molecule has 3 aromatic carbocycles. The molecule has 0 aliphatic rings. The fraction of sp³-hybridized carbons (Fsp3) is 0.167. The highest BCUT2D eigenvalue weighted by Crippen LogP contribution is 2.24. The lowest BCUT2D eigenvalue weighted by Gasteiger charge is -2.22. The molecule has 34 heavy (non-hydrogen) atoms. The van der Waals surface area contributed by atoms with Gasteiger partial charge in [-0.1, -0.05) is 47.5 Å². The van der Waals surface area contributed by atoms with Gasteiger partial charge in [-0.25, -0.2) is 18.2 Å². The maximum Gasteiger partial charge on any atom is 0.255 e. The van der Waals surface area contributed by atoms with Crippen LogP contribution in [0.4, 0.5) is 4.39 Å². The third-order valence-corrected chi connectivity index (χ3v) is 7.03. The average Bonchev–Trinajstić information content (AvgIpc) is 2.81. The molecule has 0 aromatic heterocycles. The zero-order valence-corrected chi connectivity index (χ0v) is 20.1. The van der Waals surface area contributed by atoms with Crippen molar-refractivity contribution in [2.45, 2.75) is 18.4 Å². The first-order valence-electron chi connectivity index (χ1n) is 10.2. The molecule has 1 amide bonds. The first-order chi connectivity index (χ1) is 16.2. The second kappa shape index (κ2) is 11.2. The molecule has 0 saturated carbocycles. The predicted molar refractivity (Wildman–Crippen MR) is 129 cm³/mol. The Labute approximate surface area is 202 Å². The van der Waals surface area contributed by atoms with E-state index in [0.29, 0.717) is 11.3 Å². The van der Waals surface area contributed by atoms with Gasteiger partial charge in [0, 0.05) is 17.1 Å². The Balaban J connectivity index is 1.83. The van der Waals surface area contributed by atoms with Gasteiger partial charge in [0.1, 0.15) is 11.6 Å². The molecule has 3 rings (SSSR count). The number of hydrogen-bond donors (Lipinski definition) is 1. The molecule has 1 N–H and O–H groups in total. The topological polar surface area (TPSA) is 88.1 Å². The summed E-state index contributed by atoms with van der Waals surface area (Å²) in [5.41, 5.74) is 3.81. The Hall–Kier alpha value is -3.27. The summed E-state index contributed by atoms with van der Waals surface area (Å²) < 4.78 is 47.0. The number of aryl methyl sites for hydroxylation is 1. The molecule has 0 unspecified atom stereocenters. The summed E-state index contributed by atoms with van der Waals surface area (Å²) in [7, 11) is -2.62. The molecule has 0 aliphatic heterocycles. The van der Waals surface area contributed by atoms with Gasteiger partial charge in [-0.3, -0.25) is 4.79 Å². The minimum atomic E-state index is -4.15. The number of nitrogens with zero attached hydrogens (tertiary/aromatic N) is 2. The van der Waals surface area contributed by atoms with Crippen molar-refractivity contribution in [1.29, 1.82) is 0 Å². The highest BCUT2D eigenvalue weighted by Gasteiger charge is 2.28. The normalized spacial score (nSPS) is 11.7. The van der Waals surface area contributed by atoms with E-state index < -0.39 is 34.8 Å². The van der Waals surface area contributed by atoms with Crippen molar-refractivity contribution in [3.05, 3.63) is 94.3 Å². The molecule has 7 nitrogen and oxygen atoms in total. The van der Waals surface area contributed by atoms with Crippen LogP contribution in [0.1, 0.15) is 16.7 Å². The number of sulfonamides is 1. The predicted octanol–water partition coefficient (Wildman–Crippen LogP) is 4.14. The SMILES string of the molecule is COc1cccc(/C=N\NC(=O)CN(Cc2c(F)cccc2Cl)S(=O)(=O)c2ccc(C)cc2)c1. The lowest BCUT2D eigenvalue weighted by molar-refractivity contribution is -0.121. The van der Waals surface area contributed by atoms with Crippen LogP contribution in [0.25, 0.3) is 0 Å². The lowest BCUT2D eigenvalue weighted by Crippen LogP contribution is -2.39. The minimum absolute atomic E-state index is 0.0294. The number of carbonyl (C=O) groups is 1. The van der Waals surface area contributed by atoms with E-state index in [2.05, 4.69) is 10.5 Å². The molecule has 10 heteroatoms. The Kier molecular flexibility index (Phi) is 8.38. The molecule has 0 radical (unpaired) electrons. The largest absolute Gasteiger partial charge is 0.497 e. The molecule has 0 heterocycles. The maximum atomic E-state index is 14.4. The third-order valence-electron chi connectivity index (χ3n) is 4.87. The number of hydrazone groups is 1. The molecule has 0 atom stereocenters. The van der Waals surface area contributed by atoms with Gasteiger partial charge < -0.3 is 4.74 Å². The summed E-state index contributed by atoms with van der Waals surface area (Å²) in [5, 5.41) is 3.93. The first kappa shape index (κ1) is 25.4. The fourth-order valence-electron chi connectivity index (χ4n) is 3.04. The monoisotopic (exact) mass is 503 g/mol. The number of carbonyl (C=O) groups excluding carboxylic acids is 1. The molecular formula is C24H23ClFN3O4S. The van der Waals surface area contributed by atoms with Crippen LogP contribution in [0.2, 0.25) is 5.02 Å². The van der Waals surface area contributed by atoms with Crippen molar-refractivity contribution in [1.82, 2.24) is 9.73 Å². The van der Waals surface area contributed by atoms with Gasteiger partial charge >= 0.3 is 0 Å². The maximum absolute atomic E-state index is 14.4. The van der Waals surface area contributed by atoms with E-state index in [-0.39, 0.29) is 15.5 Å². The molecule has 0 saturated heterocycles. The Morgan fingerprint density at radius 3 is 2.53 bits per heavy atom. The molecular weight excluding hydrogens is 481 g/mol.